The van der Waals surface area contributed by atoms with E-state index in [0.29, 0.717) is 10.3 Å². The van der Waals surface area contributed by atoms with Crippen molar-refractivity contribution in [1.29, 1.82) is 0 Å². The Hall–Kier alpha value is -1.55. The van der Waals surface area contributed by atoms with E-state index in [1.54, 1.807) is 19.2 Å². The predicted molar refractivity (Wildman–Crippen MR) is 64.3 cm³/mol. The first-order valence-corrected chi connectivity index (χ1v) is 5.32. The van der Waals surface area contributed by atoms with E-state index in [9.17, 15) is 4.39 Å². The second kappa shape index (κ2) is 4.14. The van der Waals surface area contributed by atoms with Crippen molar-refractivity contribution in [3.8, 4) is 11.3 Å². The molecule has 0 saturated heterocycles. The van der Waals surface area contributed by atoms with Gasteiger partial charge in [0, 0.05) is 11.8 Å². The number of rotatable bonds is 1. The molecular weight excluding hydrogens is 223 g/mol. The summed E-state index contributed by atoms with van der Waals surface area (Å²) in [6.07, 6.45) is 1.69. The van der Waals surface area contributed by atoms with Crippen molar-refractivity contribution >= 4 is 12.2 Å². The molecule has 0 spiro atoms. The van der Waals surface area contributed by atoms with E-state index in [1.165, 1.54) is 6.07 Å². The van der Waals surface area contributed by atoms with Gasteiger partial charge in [-0.15, -0.1) is 0 Å². The first-order valence-electron chi connectivity index (χ1n) is 4.91. The largest absolute Gasteiger partial charge is 0.330 e. The predicted octanol–water partition coefficient (Wildman–Crippen LogP) is 3.56. The fourth-order valence-corrected chi connectivity index (χ4v) is 1.77. The Bertz CT molecular complexity index is 590. The summed E-state index contributed by atoms with van der Waals surface area (Å²) in [5.74, 6) is -0.215. The van der Waals surface area contributed by atoms with Crippen LogP contribution < -0.4 is 0 Å². The van der Waals surface area contributed by atoms with Crippen molar-refractivity contribution in [3.63, 3.8) is 0 Å². The molecule has 0 saturated carbocycles. The number of halogens is 1. The molecule has 2 aromatic rings. The minimum atomic E-state index is -0.215. The Kier molecular flexibility index (Phi) is 2.83. The standard InChI is InChI=1S/C12H11FN2S/c1-7-6-14-12(16)15-11(7)9-4-3-5-10(13)8(9)2/h3-6H,1-2H3,(H,14,15,16). The van der Waals surface area contributed by atoms with Crippen LogP contribution in [0.5, 0.6) is 0 Å². The average molecular weight is 234 g/mol. The highest BCUT2D eigenvalue weighted by Crippen LogP contribution is 2.25. The summed E-state index contributed by atoms with van der Waals surface area (Å²) in [5.41, 5.74) is 3.22. The Morgan fingerprint density at radius 1 is 1.31 bits per heavy atom. The SMILES string of the molecule is Cc1cnc(=S)[nH]c1-c1cccc(F)c1C. The van der Waals surface area contributed by atoms with Crippen LogP contribution in [0, 0.1) is 24.4 Å². The lowest BCUT2D eigenvalue weighted by Gasteiger charge is -2.09. The highest BCUT2D eigenvalue weighted by molar-refractivity contribution is 7.71. The molecule has 0 fully saturated rings. The molecule has 0 aliphatic rings. The zero-order valence-corrected chi connectivity index (χ0v) is 9.86. The lowest BCUT2D eigenvalue weighted by molar-refractivity contribution is 0.619. The van der Waals surface area contributed by atoms with Crippen molar-refractivity contribution in [3.05, 3.63) is 46.1 Å². The van der Waals surface area contributed by atoms with Crippen molar-refractivity contribution in [2.75, 3.05) is 0 Å². The van der Waals surface area contributed by atoms with Gasteiger partial charge in [0.05, 0.1) is 5.69 Å². The van der Waals surface area contributed by atoms with Gasteiger partial charge >= 0.3 is 0 Å². The van der Waals surface area contributed by atoms with Crippen LogP contribution in [-0.2, 0) is 0 Å². The van der Waals surface area contributed by atoms with E-state index in [4.69, 9.17) is 12.2 Å². The van der Waals surface area contributed by atoms with Crippen LogP contribution in [0.3, 0.4) is 0 Å². The van der Waals surface area contributed by atoms with Gasteiger partial charge in [-0.1, -0.05) is 12.1 Å². The summed E-state index contributed by atoms with van der Waals surface area (Å²) in [4.78, 5) is 6.98. The van der Waals surface area contributed by atoms with Crippen LogP contribution in [-0.4, -0.2) is 9.97 Å². The van der Waals surface area contributed by atoms with Crippen molar-refractivity contribution < 1.29 is 4.39 Å². The molecule has 1 N–H and O–H groups in total. The Balaban J connectivity index is 2.72. The molecule has 1 heterocycles. The Morgan fingerprint density at radius 3 is 2.81 bits per heavy atom. The quantitative estimate of drug-likeness (QED) is 0.764. The average Bonchev–Trinajstić information content (AvgIpc) is 2.26. The van der Waals surface area contributed by atoms with Crippen LogP contribution in [0.2, 0.25) is 0 Å². The fraction of sp³-hybridized carbons (Fsp3) is 0.167. The molecule has 0 aliphatic carbocycles. The maximum absolute atomic E-state index is 13.4. The molecular formula is C12H11FN2S. The number of aromatic nitrogens is 2. The third-order valence-electron chi connectivity index (χ3n) is 2.54. The Labute approximate surface area is 98.2 Å². The smallest absolute Gasteiger partial charge is 0.197 e. The van der Waals surface area contributed by atoms with Gasteiger partial charge in [0.15, 0.2) is 4.77 Å². The molecule has 2 rings (SSSR count). The van der Waals surface area contributed by atoms with Crippen molar-refractivity contribution in [2.45, 2.75) is 13.8 Å². The van der Waals surface area contributed by atoms with Gasteiger partial charge in [-0.3, -0.25) is 0 Å². The molecule has 1 aromatic carbocycles. The Morgan fingerprint density at radius 2 is 2.06 bits per heavy atom. The normalized spacial score (nSPS) is 10.4. The number of aromatic amines is 1. The van der Waals surface area contributed by atoms with Gasteiger partial charge in [0.25, 0.3) is 0 Å². The number of H-pyrrole nitrogens is 1. The van der Waals surface area contributed by atoms with Crippen molar-refractivity contribution in [2.24, 2.45) is 0 Å². The summed E-state index contributed by atoms with van der Waals surface area (Å²) in [7, 11) is 0. The highest BCUT2D eigenvalue weighted by atomic mass is 32.1. The summed E-state index contributed by atoms with van der Waals surface area (Å²) < 4.78 is 13.8. The molecule has 82 valence electrons. The van der Waals surface area contributed by atoms with E-state index in [-0.39, 0.29) is 5.82 Å². The summed E-state index contributed by atoms with van der Waals surface area (Å²) in [5, 5.41) is 0. The van der Waals surface area contributed by atoms with E-state index in [2.05, 4.69) is 9.97 Å². The number of nitrogens with zero attached hydrogens (tertiary/aromatic N) is 1. The minimum absolute atomic E-state index is 0.215. The molecule has 0 atom stereocenters. The molecule has 4 heteroatoms. The highest BCUT2D eigenvalue weighted by Gasteiger charge is 2.08. The van der Waals surface area contributed by atoms with Crippen LogP contribution >= 0.6 is 12.2 Å². The fourth-order valence-electron chi connectivity index (χ4n) is 1.62. The second-order valence-corrected chi connectivity index (χ2v) is 4.05. The monoisotopic (exact) mass is 234 g/mol. The van der Waals surface area contributed by atoms with Crippen molar-refractivity contribution in [1.82, 2.24) is 9.97 Å². The first-order chi connectivity index (χ1) is 7.59. The third kappa shape index (κ3) is 1.88. The zero-order valence-electron chi connectivity index (χ0n) is 9.04. The van der Waals surface area contributed by atoms with E-state index in [1.807, 2.05) is 13.0 Å². The maximum Gasteiger partial charge on any atom is 0.197 e. The summed E-state index contributed by atoms with van der Waals surface area (Å²) >= 11 is 4.97. The first kappa shape index (κ1) is 11.0. The van der Waals surface area contributed by atoms with Gasteiger partial charge in [-0.2, -0.15) is 0 Å². The summed E-state index contributed by atoms with van der Waals surface area (Å²) in [6.45, 7) is 3.67. The molecule has 16 heavy (non-hydrogen) atoms. The van der Waals surface area contributed by atoms with Crippen LogP contribution in [0.15, 0.2) is 24.4 Å². The summed E-state index contributed by atoms with van der Waals surface area (Å²) in [6, 6.07) is 5.00. The topological polar surface area (TPSA) is 28.7 Å². The van der Waals surface area contributed by atoms with Gasteiger partial charge in [0.1, 0.15) is 5.82 Å². The zero-order chi connectivity index (χ0) is 11.7. The maximum atomic E-state index is 13.4. The lowest BCUT2D eigenvalue weighted by Crippen LogP contribution is -1.95. The number of hydrogen-bond acceptors (Lipinski definition) is 2. The number of benzene rings is 1. The minimum Gasteiger partial charge on any atom is -0.330 e. The molecule has 0 aliphatic heterocycles. The molecule has 0 amide bonds. The van der Waals surface area contributed by atoms with Crippen LogP contribution in [0.4, 0.5) is 4.39 Å². The molecule has 1 aromatic heterocycles. The van der Waals surface area contributed by atoms with E-state index >= 15 is 0 Å². The number of aryl methyl sites for hydroxylation is 1. The van der Waals surface area contributed by atoms with Crippen LogP contribution in [0.25, 0.3) is 11.3 Å². The van der Waals surface area contributed by atoms with Gasteiger partial charge in [-0.05, 0) is 43.3 Å². The molecule has 0 bridgehead atoms. The molecule has 0 unspecified atom stereocenters. The number of nitrogens with one attached hydrogen (secondary N) is 1. The third-order valence-corrected chi connectivity index (χ3v) is 2.75. The van der Waals surface area contributed by atoms with Gasteiger partial charge in [0.2, 0.25) is 0 Å². The lowest BCUT2D eigenvalue weighted by atomic mass is 10.0. The molecule has 0 radical (unpaired) electrons. The molecule has 2 nitrogen and oxygen atoms in total. The van der Waals surface area contributed by atoms with Gasteiger partial charge in [-0.25, -0.2) is 9.37 Å². The van der Waals surface area contributed by atoms with Crippen LogP contribution in [0.1, 0.15) is 11.1 Å². The second-order valence-electron chi connectivity index (χ2n) is 3.66. The van der Waals surface area contributed by atoms with E-state index < -0.39 is 0 Å². The van der Waals surface area contributed by atoms with Gasteiger partial charge < -0.3 is 4.98 Å². The number of hydrogen-bond donors (Lipinski definition) is 1. The van der Waals surface area contributed by atoms with E-state index in [0.717, 1.165) is 16.8 Å².